The number of fused-ring (bicyclic) bond motifs is 1. The molecular weight excluding hydrogens is 317 g/mol. The van der Waals surface area contributed by atoms with E-state index in [9.17, 15) is 4.79 Å². The molecule has 0 bridgehead atoms. The molecule has 1 aromatic carbocycles. The zero-order valence-corrected chi connectivity index (χ0v) is 14.7. The minimum absolute atomic E-state index is 0.0124. The number of nitrogens with one attached hydrogen (secondary N) is 1. The van der Waals surface area contributed by atoms with Crippen molar-refractivity contribution in [2.75, 3.05) is 0 Å². The largest absolute Gasteiger partial charge is 0.359 e. The second kappa shape index (κ2) is 5.35. The number of allylic oxidation sites excluding steroid dienone is 2. The second-order valence-electron chi connectivity index (χ2n) is 7.73. The second-order valence-corrected chi connectivity index (χ2v) is 7.73. The van der Waals surface area contributed by atoms with Crippen molar-refractivity contribution in [3.63, 3.8) is 0 Å². The highest BCUT2D eigenvalue weighted by Gasteiger charge is 2.55. The lowest BCUT2D eigenvalue weighted by molar-refractivity contribution is -0.120. The molecule has 25 heavy (non-hydrogen) atoms. The van der Waals surface area contributed by atoms with Crippen molar-refractivity contribution in [1.29, 1.82) is 0 Å². The lowest BCUT2D eigenvalue weighted by Crippen LogP contribution is -2.55. The van der Waals surface area contributed by atoms with E-state index in [4.69, 9.17) is 0 Å². The van der Waals surface area contributed by atoms with Crippen LogP contribution in [0, 0.1) is 5.41 Å². The Balaban J connectivity index is 2.03. The quantitative estimate of drug-likeness (QED) is 0.878. The number of Topliss-reactive ketones (excluding diaryl/α,β-unsaturated/α-hetero) is 1. The van der Waals surface area contributed by atoms with Crippen molar-refractivity contribution >= 4 is 5.78 Å². The fourth-order valence-corrected chi connectivity index (χ4v) is 4.53. The molecule has 3 aliphatic rings. The Morgan fingerprint density at radius 3 is 2.68 bits per heavy atom. The summed E-state index contributed by atoms with van der Waals surface area (Å²) in [5.74, 6) is 0.0124. The first kappa shape index (κ1) is 16.2. The maximum absolute atomic E-state index is 15.4. The van der Waals surface area contributed by atoms with Crippen LogP contribution in [0.4, 0.5) is 4.39 Å². The van der Waals surface area contributed by atoms with Crippen molar-refractivity contribution < 1.29 is 9.18 Å². The monoisotopic (exact) mass is 339 g/mol. The van der Waals surface area contributed by atoms with E-state index in [1.165, 1.54) is 0 Å². The molecule has 4 rings (SSSR count). The van der Waals surface area contributed by atoms with E-state index in [-0.39, 0.29) is 12.2 Å². The Hall–Kier alpha value is -2.30. The van der Waals surface area contributed by atoms with Gasteiger partial charge in [-0.15, -0.1) is 0 Å². The molecule has 1 unspecified atom stereocenters. The zero-order chi connectivity index (χ0) is 17.8. The lowest BCUT2D eigenvalue weighted by Gasteiger charge is -2.48. The number of hydrogen-bond acceptors (Lipinski definition) is 4. The third-order valence-corrected chi connectivity index (χ3v) is 5.79. The molecule has 2 heterocycles. The van der Waals surface area contributed by atoms with Gasteiger partial charge in [-0.05, 0) is 12.0 Å². The number of halogens is 1. The molecule has 3 atom stereocenters. The molecule has 0 saturated carbocycles. The van der Waals surface area contributed by atoms with E-state index in [2.05, 4.69) is 15.5 Å². The van der Waals surface area contributed by atoms with E-state index >= 15 is 4.39 Å². The summed E-state index contributed by atoms with van der Waals surface area (Å²) in [6.45, 7) is 5.65. The molecule has 2 aliphatic heterocycles. The van der Waals surface area contributed by atoms with Gasteiger partial charge in [-0.25, -0.2) is 4.39 Å². The maximum Gasteiger partial charge on any atom is 0.164 e. The van der Waals surface area contributed by atoms with Gasteiger partial charge in [0.25, 0.3) is 0 Å². The van der Waals surface area contributed by atoms with Gasteiger partial charge in [-0.2, -0.15) is 10.2 Å². The zero-order valence-electron chi connectivity index (χ0n) is 14.7. The average molecular weight is 339 g/mol. The molecule has 0 spiro atoms. The van der Waals surface area contributed by atoms with Crippen LogP contribution >= 0.6 is 0 Å². The average Bonchev–Trinajstić information content (AvgIpc) is 3.07. The van der Waals surface area contributed by atoms with Gasteiger partial charge >= 0.3 is 0 Å². The fourth-order valence-electron chi connectivity index (χ4n) is 4.53. The first-order chi connectivity index (χ1) is 11.9. The van der Waals surface area contributed by atoms with Crippen LogP contribution in [0.2, 0.25) is 0 Å². The molecule has 0 saturated heterocycles. The Labute approximate surface area is 146 Å². The molecule has 1 aliphatic carbocycles. The molecule has 0 aromatic heterocycles. The number of alkyl halides is 1. The molecule has 1 aromatic rings. The summed E-state index contributed by atoms with van der Waals surface area (Å²) in [5, 5.41) is 11.5. The Bertz CT molecular complexity index is 825. The third kappa shape index (κ3) is 2.08. The van der Waals surface area contributed by atoms with Crippen LogP contribution < -0.4 is 5.32 Å². The summed E-state index contributed by atoms with van der Waals surface area (Å²) >= 11 is 0. The highest BCUT2D eigenvalue weighted by atomic mass is 19.1. The van der Waals surface area contributed by atoms with Crippen molar-refractivity contribution in [3.05, 3.63) is 58.9 Å². The molecule has 0 radical (unpaired) electrons. The van der Waals surface area contributed by atoms with Crippen LogP contribution in [0.25, 0.3) is 0 Å². The number of carbonyl (C=O) groups is 1. The SMILES string of the molecule is CC[C@]1(c2ccccc2)C2=CN=NC2NC2=C1C(=O)CC(C)(C)[C@H]2F. The summed E-state index contributed by atoms with van der Waals surface area (Å²) < 4.78 is 15.4. The van der Waals surface area contributed by atoms with E-state index in [1.54, 1.807) is 20.0 Å². The standard InChI is InChI=1S/C20H22FN3O/c1-4-20(12-8-6-5-7-9-12)13-11-22-24-18(13)23-16-15(20)14(25)10-19(2,3)17(16)21/h5-9,11,17-18,23H,4,10H2,1-3H3/t17-,18?,20-/m0/s1. The number of nitrogens with zero attached hydrogens (tertiary/aromatic N) is 2. The number of hydrogen-bond donors (Lipinski definition) is 1. The van der Waals surface area contributed by atoms with Gasteiger partial charge in [-0.1, -0.05) is 51.1 Å². The predicted octanol–water partition coefficient (Wildman–Crippen LogP) is 4.20. The maximum atomic E-state index is 15.4. The van der Waals surface area contributed by atoms with Gasteiger partial charge in [0, 0.05) is 23.0 Å². The summed E-state index contributed by atoms with van der Waals surface area (Å²) in [6.07, 6.45) is 0.961. The van der Waals surface area contributed by atoms with Crippen molar-refractivity contribution in [3.8, 4) is 0 Å². The third-order valence-electron chi connectivity index (χ3n) is 5.79. The normalized spacial score (nSPS) is 32.8. The lowest BCUT2D eigenvalue weighted by atomic mass is 9.58. The summed E-state index contributed by atoms with van der Waals surface area (Å²) in [7, 11) is 0. The Kier molecular flexibility index (Phi) is 3.46. The topological polar surface area (TPSA) is 53.8 Å². The summed E-state index contributed by atoms with van der Waals surface area (Å²) in [6, 6.07) is 9.88. The summed E-state index contributed by atoms with van der Waals surface area (Å²) in [5.41, 5.74) is 1.48. The number of rotatable bonds is 2. The van der Waals surface area contributed by atoms with Gasteiger partial charge in [0.15, 0.2) is 11.9 Å². The molecule has 0 amide bonds. The first-order valence-electron chi connectivity index (χ1n) is 8.76. The first-order valence-corrected chi connectivity index (χ1v) is 8.76. The van der Waals surface area contributed by atoms with Crippen LogP contribution in [0.5, 0.6) is 0 Å². The number of benzene rings is 1. The van der Waals surface area contributed by atoms with Gasteiger partial charge in [0.05, 0.1) is 17.3 Å². The van der Waals surface area contributed by atoms with Crippen molar-refractivity contribution in [2.24, 2.45) is 15.6 Å². The summed E-state index contributed by atoms with van der Waals surface area (Å²) in [4.78, 5) is 13.2. The molecule has 1 N–H and O–H groups in total. The van der Waals surface area contributed by atoms with Crippen LogP contribution in [0.15, 0.2) is 63.6 Å². The molecule has 5 heteroatoms. The minimum Gasteiger partial charge on any atom is -0.359 e. The van der Waals surface area contributed by atoms with E-state index < -0.39 is 23.2 Å². The van der Waals surface area contributed by atoms with E-state index in [1.807, 2.05) is 37.3 Å². The van der Waals surface area contributed by atoms with E-state index in [0.29, 0.717) is 17.7 Å². The van der Waals surface area contributed by atoms with Crippen LogP contribution in [0.3, 0.4) is 0 Å². The number of ketones is 1. The minimum atomic E-state index is -1.23. The highest BCUT2D eigenvalue weighted by Crippen LogP contribution is 2.54. The predicted molar refractivity (Wildman–Crippen MR) is 93.6 cm³/mol. The Morgan fingerprint density at radius 1 is 1.28 bits per heavy atom. The van der Waals surface area contributed by atoms with Crippen LogP contribution in [-0.2, 0) is 10.2 Å². The van der Waals surface area contributed by atoms with Crippen molar-refractivity contribution in [2.45, 2.75) is 51.4 Å². The molecule has 0 fully saturated rings. The van der Waals surface area contributed by atoms with Gasteiger partial charge in [0.1, 0.15) is 6.17 Å². The van der Waals surface area contributed by atoms with E-state index in [0.717, 1.165) is 11.1 Å². The van der Waals surface area contributed by atoms with Crippen LogP contribution in [0.1, 0.15) is 39.2 Å². The fraction of sp³-hybridized carbons (Fsp3) is 0.450. The Morgan fingerprint density at radius 2 is 2.00 bits per heavy atom. The van der Waals surface area contributed by atoms with Gasteiger partial charge in [0.2, 0.25) is 0 Å². The molecule has 130 valence electrons. The highest BCUT2D eigenvalue weighted by molar-refractivity contribution is 6.01. The van der Waals surface area contributed by atoms with Gasteiger partial charge in [-0.3, -0.25) is 4.79 Å². The smallest absolute Gasteiger partial charge is 0.164 e. The molecular formula is C20H22FN3O. The molecule has 4 nitrogen and oxygen atoms in total. The van der Waals surface area contributed by atoms with Crippen LogP contribution in [-0.4, -0.2) is 18.1 Å². The van der Waals surface area contributed by atoms with Gasteiger partial charge < -0.3 is 5.32 Å². The number of carbonyl (C=O) groups excluding carboxylic acids is 1. The van der Waals surface area contributed by atoms with Crippen molar-refractivity contribution in [1.82, 2.24) is 5.32 Å². The number of azo groups is 1.